The number of rotatable bonds is 3. The van der Waals surface area contributed by atoms with Crippen molar-refractivity contribution in [3.63, 3.8) is 0 Å². The maximum atomic E-state index is 11.9. The van der Waals surface area contributed by atoms with Crippen LogP contribution in [0, 0.1) is 18.3 Å². The minimum absolute atomic E-state index is 0.642. The molecule has 0 saturated heterocycles. The molecule has 51 heavy (non-hydrogen) atoms. The van der Waals surface area contributed by atoms with Gasteiger partial charge in [0.25, 0.3) is 0 Å². The van der Waals surface area contributed by atoms with Crippen LogP contribution in [0.15, 0.2) is 137 Å². The first kappa shape index (κ1) is 33.4. The number of para-hydroxylation sites is 3. The lowest BCUT2D eigenvalue weighted by atomic mass is 10.0. The number of hydrogen-bond donors (Lipinski definition) is 2. The van der Waals surface area contributed by atoms with E-state index in [0.717, 1.165) is 69.9 Å². The van der Waals surface area contributed by atoms with Crippen LogP contribution in [0.5, 0.6) is 0 Å². The van der Waals surface area contributed by atoms with Crippen molar-refractivity contribution in [2.75, 3.05) is 0 Å². The summed E-state index contributed by atoms with van der Waals surface area (Å²) in [6.45, 7) is 10.0. The van der Waals surface area contributed by atoms with Crippen molar-refractivity contribution in [3.05, 3.63) is 139 Å². The summed E-state index contributed by atoms with van der Waals surface area (Å²) in [6.07, 6.45) is 4.00. The zero-order valence-electron chi connectivity index (χ0n) is 29.2. The van der Waals surface area contributed by atoms with Crippen molar-refractivity contribution >= 4 is 77.2 Å². The minimum Gasteiger partial charge on any atom is -0.428 e. The van der Waals surface area contributed by atoms with Crippen LogP contribution >= 0.6 is 11.8 Å². The van der Waals surface area contributed by atoms with Crippen molar-refractivity contribution in [3.8, 4) is 11.8 Å². The van der Waals surface area contributed by atoms with Crippen LogP contribution in [0.25, 0.3) is 71.1 Å². The monoisotopic (exact) mass is 686 g/mol. The molecular weight excluding hydrogens is 649 g/mol. The average molecular weight is 687 g/mol. The maximum Gasteiger partial charge on any atom is 0.100 e. The van der Waals surface area contributed by atoms with Gasteiger partial charge in [0, 0.05) is 47.8 Å². The zero-order chi connectivity index (χ0) is 35.8. The van der Waals surface area contributed by atoms with Crippen LogP contribution in [0.1, 0.15) is 38.8 Å². The molecular formula is C44H38N4O2S. The molecule has 0 unspecified atom stereocenters. The fourth-order valence-corrected chi connectivity index (χ4v) is 7.85. The number of aryl methyl sites for hydroxylation is 1. The highest BCUT2D eigenvalue weighted by Gasteiger charge is 2.28. The van der Waals surface area contributed by atoms with Gasteiger partial charge in [-0.3, -0.25) is 0 Å². The molecule has 0 bridgehead atoms. The Labute approximate surface area is 300 Å². The van der Waals surface area contributed by atoms with E-state index in [1.165, 1.54) is 9.46 Å². The van der Waals surface area contributed by atoms with Gasteiger partial charge in [-0.25, -0.2) is 0 Å². The van der Waals surface area contributed by atoms with Gasteiger partial charge in [-0.15, -0.1) is 0 Å². The van der Waals surface area contributed by atoms with Crippen LogP contribution in [0.3, 0.4) is 0 Å². The molecule has 0 spiro atoms. The number of nitrogens with zero attached hydrogens (tertiary/aromatic N) is 4. The Morgan fingerprint density at radius 2 is 1.08 bits per heavy atom. The number of allylic oxidation sites excluding steroid dienone is 2. The molecule has 6 nitrogen and oxygen atoms in total. The molecule has 7 heteroatoms. The molecule has 0 fully saturated rings. The highest BCUT2D eigenvalue weighted by Crippen LogP contribution is 2.48. The minimum atomic E-state index is 0.642. The number of hydrogen-bond acceptors (Lipinski definition) is 4. The van der Waals surface area contributed by atoms with Crippen molar-refractivity contribution in [2.24, 2.45) is 0 Å². The molecule has 3 aromatic heterocycles. The second-order valence-corrected chi connectivity index (χ2v) is 13.2. The van der Waals surface area contributed by atoms with Crippen molar-refractivity contribution in [1.29, 1.82) is 5.26 Å². The van der Waals surface area contributed by atoms with Crippen LogP contribution in [0.4, 0.5) is 0 Å². The van der Waals surface area contributed by atoms with Gasteiger partial charge in [0.05, 0.1) is 33.7 Å². The summed E-state index contributed by atoms with van der Waals surface area (Å²) >= 11 is 1.64. The highest BCUT2D eigenvalue weighted by atomic mass is 32.2. The summed E-state index contributed by atoms with van der Waals surface area (Å²) in [5, 5.41) is 38.3. The fourth-order valence-electron chi connectivity index (χ4n) is 7.03. The Morgan fingerprint density at radius 1 is 0.569 bits per heavy atom. The van der Waals surface area contributed by atoms with E-state index in [9.17, 15) is 10.4 Å². The first-order chi connectivity index (χ1) is 25.0. The van der Waals surface area contributed by atoms with Gasteiger partial charge in [-0.1, -0.05) is 92.4 Å². The predicted molar refractivity (Wildman–Crippen MR) is 213 cm³/mol. The van der Waals surface area contributed by atoms with E-state index in [-0.39, 0.29) is 0 Å². The number of nitriles is 1. The Kier molecular flexibility index (Phi) is 8.95. The van der Waals surface area contributed by atoms with Gasteiger partial charge in [0.2, 0.25) is 0 Å². The number of aromatic nitrogens is 3. The van der Waals surface area contributed by atoms with Crippen molar-refractivity contribution in [2.45, 2.75) is 44.4 Å². The second kappa shape index (κ2) is 13.7. The molecule has 9 aromatic rings. The van der Waals surface area contributed by atoms with E-state index >= 15 is 0 Å². The molecule has 0 aliphatic rings. The van der Waals surface area contributed by atoms with Crippen molar-refractivity contribution in [1.82, 2.24) is 14.0 Å². The van der Waals surface area contributed by atoms with Crippen LogP contribution < -0.4 is 0 Å². The van der Waals surface area contributed by atoms with Crippen LogP contribution in [-0.4, -0.2) is 24.4 Å². The average Bonchev–Trinajstić information content (AvgIpc) is 3.79. The summed E-state index contributed by atoms with van der Waals surface area (Å²) in [7, 11) is 0. The van der Waals surface area contributed by atoms with Gasteiger partial charge in [-0.05, 0) is 87.0 Å². The van der Waals surface area contributed by atoms with Gasteiger partial charge >= 0.3 is 0 Å². The summed E-state index contributed by atoms with van der Waals surface area (Å²) in [5.41, 5.74) is 7.28. The third-order valence-corrected chi connectivity index (χ3v) is 10.3. The number of fused-ring (bicyclic) bond motifs is 12. The SMILES string of the molecule is C/C=C\C.CC.Cc1cccc2c3c(c4c5ccccc5n(O)c4c4c5ccccc5n(-c5ccc(Sc6ccc(C#N)cc6)cc5)c43)n(O)c12. The first-order valence-electron chi connectivity index (χ1n) is 17.1. The Bertz CT molecular complexity index is 2790. The van der Waals surface area contributed by atoms with Crippen LogP contribution in [0.2, 0.25) is 0 Å². The quantitative estimate of drug-likeness (QED) is 0.143. The Balaban J connectivity index is 0.000000635. The third-order valence-electron chi connectivity index (χ3n) is 9.25. The van der Waals surface area contributed by atoms with Crippen molar-refractivity contribution < 1.29 is 10.4 Å². The largest absolute Gasteiger partial charge is 0.428 e. The lowest BCUT2D eigenvalue weighted by Gasteiger charge is -2.11. The van der Waals surface area contributed by atoms with E-state index < -0.39 is 0 Å². The standard InChI is InChI=1S/C38H24N4O2S.C4H8.C2H6/c1-22-7-6-10-29-34-36-32(37-33(38(34)42(44)35(22)29)28-9-3-5-12-31(28)41(37)43)27-8-2-4-11-30(27)40(36)24-15-19-26(20-16-24)45-25-17-13-23(21-39)14-18-25;1-3-4-2;1-2/h2-20,43-44H,1H3;3-4H,1-2H3;1-2H3/b;4-3-;. The zero-order valence-corrected chi connectivity index (χ0v) is 30.0. The lowest BCUT2D eigenvalue weighted by molar-refractivity contribution is 0.212. The molecule has 252 valence electrons. The van der Waals surface area contributed by atoms with E-state index in [1.54, 1.807) is 11.8 Å². The molecule has 3 heterocycles. The smallest absolute Gasteiger partial charge is 0.100 e. The molecule has 0 aliphatic carbocycles. The molecule has 0 radical (unpaired) electrons. The lowest BCUT2D eigenvalue weighted by Crippen LogP contribution is -1.96. The van der Waals surface area contributed by atoms with E-state index in [2.05, 4.69) is 53.1 Å². The van der Waals surface area contributed by atoms with Gasteiger partial charge in [-0.2, -0.15) is 14.7 Å². The third kappa shape index (κ3) is 5.27. The summed E-state index contributed by atoms with van der Waals surface area (Å²) < 4.78 is 4.85. The normalized spacial score (nSPS) is 11.4. The van der Waals surface area contributed by atoms with Crippen LogP contribution in [-0.2, 0) is 0 Å². The molecule has 0 amide bonds. The van der Waals surface area contributed by atoms with Gasteiger partial charge < -0.3 is 15.0 Å². The van der Waals surface area contributed by atoms with E-state index in [4.69, 9.17) is 5.26 Å². The predicted octanol–water partition coefficient (Wildman–Crippen LogP) is 12.4. The fraction of sp³-hybridized carbons (Fsp3) is 0.114. The Morgan fingerprint density at radius 3 is 1.71 bits per heavy atom. The maximum absolute atomic E-state index is 11.9. The molecule has 9 rings (SSSR count). The second-order valence-electron chi connectivity index (χ2n) is 12.0. The summed E-state index contributed by atoms with van der Waals surface area (Å²) in [4.78, 5) is 2.14. The number of benzene rings is 6. The molecule has 0 aliphatic heterocycles. The topological polar surface area (TPSA) is 79.0 Å². The Hall–Kier alpha value is -6.10. The first-order valence-corrected chi connectivity index (χ1v) is 17.9. The van der Waals surface area contributed by atoms with E-state index in [0.29, 0.717) is 22.1 Å². The van der Waals surface area contributed by atoms with E-state index in [1.807, 2.05) is 120 Å². The van der Waals surface area contributed by atoms with Gasteiger partial charge in [0.1, 0.15) is 11.0 Å². The molecule has 0 atom stereocenters. The molecule has 6 aromatic carbocycles. The summed E-state index contributed by atoms with van der Waals surface area (Å²) in [6, 6.07) is 40.4. The molecule has 0 saturated carbocycles. The summed E-state index contributed by atoms with van der Waals surface area (Å²) in [5.74, 6) is 0. The highest BCUT2D eigenvalue weighted by molar-refractivity contribution is 7.99. The molecule has 2 N–H and O–H groups in total. The van der Waals surface area contributed by atoms with Gasteiger partial charge in [0.15, 0.2) is 0 Å².